The zero-order chi connectivity index (χ0) is 18.7. The van der Waals surface area contributed by atoms with Crippen molar-refractivity contribution in [3.8, 4) is 0 Å². The fraction of sp³-hybridized carbons (Fsp3) is 0.211. The van der Waals surface area contributed by atoms with Gasteiger partial charge >= 0.3 is 5.97 Å². The molecule has 0 spiro atoms. The number of hydrogen-bond donors (Lipinski definition) is 5. The van der Waals surface area contributed by atoms with Gasteiger partial charge in [0.1, 0.15) is 0 Å². The van der Waals surface area contributed by atoms with Crippen LogP contribution in [0.1, 0.15) is 33.8 Å². The smallest absolute Gasteiger partial charge is 0.307 e. The van der Waals surface area contributed by atoms with E-state index < -0.39 is 5.97 Å². The molecule has 0 heterocycles. The van der Waals surface area contributed by atoms with Gasteiger partial charge in [-0.05, 0) is 41.7 Å². The molecule has 1 amide bonds. The second-order valence-electron chi connectivity index (χ2n) is 6.33. The Morgan fingerprint density at radius 2 is 1.96 bits per heavy atom. The van der Waals surface area contributed by atoms with E-state index in [9.17, 15) is 9.59 Å². The Balaban J connectivity index is 1.61. The number of rotatable bonds is 6. The van der Waals surface area contributed by atoms with Crippen LogP contribution in [0.25, 0.3) is 0 Å². The van der Waals surface area contributed by atoms with E-state index in [4.69, 9.17) is 16.2 Å². The predicted octanol–water partition coefficient (Wildman–Crippen LogP) is 2.11. The van der Waals surface area contributed by atoms with Crippen LogP contribution in [0, 0.1) is 11.3 Å². The minimum Gasteiger partial charge on any atom is -0.481 e. The van der Waals surface area contributed by atoms with Crippen LogP contribution in [-0.4, -0.2) is 22.9 Å². The minimum absolute atomic E-state index is 0.0671. The third-order valence-electron chi connectivity index (χ3n) is 4.34. The SMILES string of the molecule is N=C(N)Nc1cccc(C(=O)NCc2cccc(C3CC3C(=O)O)c2)c1. The fourth-order valence-electron chi connectivity index (χ4n) is 2.95. The molecule has 6 N–H and O–H groups in total. The lowest BCUT2D eigenvalue weighted by Crippen LogP contribution is -2.24. The van der Waals surface area contributed by atoms with Crippen LogP contribution in [0.2, 0.25) is 0 Å². The molecule has 1 saturated carbocycles. The molecule has 7 nitrogen and oxygen atoms in total. The summed E-state index contributed by atoms with van der Waals surface area (Å²) in [6.45, 7) is 0.349. The molecule has 0 aliphatic heterocycles. The maximum atomic E-state index is 12.3. The largest absolute Gasteiger partial charge is 0.481 e. The summed E-state index contributed by atoms with van der Waals surface area (Å²) >= 11 is 0. The van der Waals surface area contributed by atoms with E-state index in [0.29, 0.717) is 24.2 Å². The van der Waals surface area contributed by atoms with Crippen LogP contribution in [0.15, 0.2) is 48.5 Å². The molecule has 134 valence electrons. The summed E-state index contributed by atoms with van der Waals surface area (Å²) in [4.78, 5) is 23.3. The van der Waals surface area contributed by atoms with Crippen LogP contribution in [0.5, 0.6) is 0 Å². The number of carboxylic acid groups (broad SMARTS) is 1. The van der Waals surface area contributed by atoms with E-state index in [0.717, 1.165) is 11.1 Å². The maximum absolute atomic E-state index is 12.3. The van der Waals surface area contributed by atoms with Crippen molar-refractivity contribution in [2.24, 2.45) is 11.7 Å². The minimum atomic E-state index is -0.757. The van der Waals surface area contributed by atoms with Gasteiger partial charge in [-0.3, -0.25) is 15.0 Å². The normalized spacial score (nSPS) is 18.0. The summed E-state index contributed by atoms with van der Waals surface area (Å²) < 4.78 is 0. The van der Waals surface area contributed by atoms with Gasteiger partial charge in [0.15, 0.2) is 5.96 Å². The number of nitrogens with one attached hydrogen (secondary N) is 3. The van der Waals surface area contributed by atoms with Crippen molar-refractivity contribution < 1.29 is 14.7 Å². The van der Waals surface area contributed by atoms with Crippen molar-refractivity contribution in [1.29, 1.82) is 5.41 Å². The number of guanidine groups is 1. The quantitative estimate of drug-likeness (QED) is 0.402. The van der Waals surface area contributed by atoms with Gasteiger partial charge in [0, 0.05) is 17.8 Å². The van der Waals surface area contributed by atoms with Crippen LogP contribution in [-0.2, 0) is 11.3 Å². The molecule has 1 fully saturated rings. The van der Waals surface area contributed by atoms with Crippen molar-refractivity contribution in [2.45, 2.75) is 18.9 Å². The molecule has 2 atom stereocenters. The third-order valence-corrected chi connectivity index (χ3v) is 4.34. The first-order valence-corrected chi connectivity index (χ1v) is 8.25. The van der Waals surface area contributed by atoms with Gasteiger partial charge in [0.25, 0.3) is 5.91 Å². The molecule has 0 bridgehead atoms. The lowest BCUT2D eigenvalue weighted by Gasteiger charge is -2.09. The number of amides is 1. The fourth-order valence-corrected chi connectivity index (χ4v) is 2.95. The topological polar surface area (TPSA) is 128 Å². The van der Waals surface area contributed by atoms with Gasteiger partial charge in [-0.2, -0.15) is 0 Å². The molecule has 1 aliphatic rings. The Bertz CT molecular complexity index is 865. The highest BCUT2D eigenvalue weighted by Gasteiger charge is 2.44. The average molecular weight is 352 g/mol. The van der Waals surface area contributed by atoms with Crippen LogP contribution < -0.4 is 16.4 Å². The van der Waals surface area contributed by atoms with Gasteiger partial charge in [-0.15, -0.1) is 0 Å². The van der Waals surface area contributed by atoms with Gasteiger partial charge < -0.3 is 21.5 Å². The first-order chi connectivity index (χ1) is 12.4. The average Bonchev–Trinajstić information content (AvgIpc) is 3.41. The molecule has 0 aromatic heterocycles. The van der Waals surface area contributed by atoms with Crippen molar-refractivity contribution in [2.75, 3.05) is 5.32 Å². The molecule has 2 aromatic rings. The third kappa shape index (κ3) is 4.18. The van der Waals surface area contributed by atoms with Crippen LogP contribution in [0.3, 0.4) is 0 Å². The number of carbonyl (C=O) groups excluding carboxylic acids is 1. The molecule has 2 aromatic carbocycles. The van der Waals surface area contributed by atoms with E-state index in [1.54, 1.807) is 24.3 Å². The van der Waals surface area contributed by atoms with Gasteiger partial charge in [-0.25, -0.2) is 0 Å². The van der Waals surface area contributed by atoms with Gasteiger partial charge in [-0.1, -0.05) is 30.3 Å². The molecule has 0 radical (unpaired) electrons. The van der Waals surface area contributed by atoms with Crippen LogP contribution in [0.4, 0.5) is 5.69 Å². The van der Waals surface area contributed by atoms with E-state index in [-0.39, 0.29) is 23.7 Å². The summed E-state index contributed by atoms with van der Waals surface area (Å²) in [7, 11) is 0. The number of hydrogen-bond acceptors (Lipinski definition) is 3. The Morgan fingerprint density at radius 3 is 2.65 bits per heavy atom. The molecule has 7 heteroatoms. The zero-order valence-electron chi connectivity index (χ0n) is 14.0. The summed E-state index contributed by atoms with van der Waals surface area (Å²) in [6, 6.07) is 14.4. The monoisotopic (exact) mass is 352 g/mol. The van der Waals surface area contributed by atoms with Crippen molar-refractivity contribution in [1.82, 2.24) is 5.32 Å². The highest BCUT2D eigenvalue weighted by Crippen LogP contribution is 2.47. The van der Waals surface area contributed by atoms with Crippen molar-refractivity contribution >= 4 is 23.5 Å². The van der Waals surface area contributed by atoms with E-state index in [2.05, 4.69) is 10.6 Å². The first kappa shape index (κ1) is 17.5. The molecule has 26 heavy (non-hydrogen) atoms. The number of nitrogens with two attached hydrogens (primary N) is 1. The van der Waals surface area contributed by atoms with E-state index in [1.807, 2.05) is 24.3 Å². The standard InChI is InChI=1S/C19H20N4O3/c20-19(21)23-14-6-2-5-13(8-14)17(24)22-10-11-3-1-4-12(7-11)15-9-16(15)18(25)26/h1-8,15-16H,9-10H2,(H,22,24)(H,25,26)(H4,20,21,23). The molecular weight excluding hydrogens is 332 g/mol. The lowest BCUT2D eigenvalue weighted by atomic mass is 10.1. The molecule has 2 unspecified atom stereocenters. The van der Waals surface area contributed by atoms with Crippen LogP contribution >= 0.6 is 0 Å². The summed E-state index contributed by atoms with van der Waals surface area (Å²) in [5.74, 6) is -1.42. The highest BCUT2D eigenvalue weighted by atomic mass is 16.4. The molecule has 0 saturated heterocycles. The highest BCUT2D eigenvalue weighted by molar-refractivity contribution is 5.96. The Hall–Kier alpha value is -3.35. The van der Waals surface area contributed by atoms with Gasteiger partial charge in [0.05, 0.1) is 5.92 Å². The number of anilines is 1. The number of carboxylic acids is 1. The Morgan fingerprint density at radius 1 is 1.19 bits per heavy atom. The predicted molar refractivity (Wildman–Crippen MR) is 98.1 cm³/mol. The van der Waals surface area contributed by atoms with Crippen molar-refractivity contribution in [3.63, 3.8) is 0 Å². The maximum Gasteiger partial charge on any atom is 0.307 e. The number of aliphatic carboxylic acids is 1. The Labute approximate surface area is 150 Å². The number of carbonyl (C=O) groups is 2. The van der Waals surface area contributed by atoms with Gasteiger partial charge in [0.2, 0.25) is 0 Å². The van der Waals surface area contributed by atoms with E-state index in [1.165, 1.54) is 0 Å². The zero-order valence-corrected chi connectivity index (χ0v) is 14.0. The molecule has 3 rings (SSSR count). The first-order valence-electron chi connectivity index (χ1n) is 8.25. The molecule has 1 aliphatic carbocycles. The summed E-state index contributed by atoms with van der Waals surface area (Å²) in [5.41, 5.74) is 8.24. The number of benzene rings is 2. The second kappa shape index (κ2) is 7.26. The van der Waals surface area contributed by atoms with Crippen molar-refractivity contribution in [3.05, 3.63) is 65.2 Å². The lowest BCUT2D eigenvalue weighted by molar-refractivity contribution is -0.138. The van der Waals surface area contributed by atoms with E-state index >= 15 is 0 Å². The Kier molecular flexibility index (Phi) is 4.88. The molecular formula is C19H20N4O3. The summed E-state index contributed by atoms with van der Waals surface area (Å²) in [5, 5.41) is 21.8. The second-order valence-corrected chi connectivity index (χ2v) is 6.33. The summed E-state index contributed by atoms with van der Waals surface area (Å²) in [6.07, 6.45) is 0.668.